The Hall–Kier alpha value is -2.90. The zero-order chi connectivity index (χ0) is 22.4. The fraction of sp³-hybridized carbons (Fsp3) is 0.524. The van der Waals surface area contributed by atoms with Crippen molar-refractivity contribution in [3.63, 3.8) is 0 Å². The fourth-order valence-electron chi connectivity index (χ4n) is 2.43. The van der Waals surface area contributed by atoms with E-state index in [0.717, 1.165) is 5.56 Å². The molecule has 160 valence electrons. The summed E-state index contributed by atoms with van der Waals surface area (Å²) in [5.74, 6) is -2.18. The van der Waals surface area contributed by atoms with Gasteiger partial charge in [0, 0.05) is 11.1 Å². The monoisotopic (exact) mass is 405 g/mol. The first-order valence-electron chi connectivity index (χ1n) is 9.52. The Labute approximate surface area is 171 Å². The standard InChI is InChI=1S/C21H31N3O5/c1-12(2)16(22-18(26)15-11-9-8-10-13(15)3)19(27)29-14(4)17(25)23-20(28)24-21(5,6)7/h8-12,14,16H,1-7H3,(H,22,26)(H2,23,24,25,28)/t14-,16-/m0/s1. The summed E-state index contributed by atoms with van der Waals surface area (Å²) in [6, 6.07) is 5.39. The van der Waals surface area contributed by atoms with E-state index in [0.29, 0.717) is 5.56 Å². The van der Waals surface area contributed by atoms with Crippen molar-refractivity contribution in [1.82, 2.24) is 16.0 Å². The average molecular weight is 405 g/mol. The summed E-state index contributed by atoms with van der Waals surface area (Å²) in [7, 11) is 0. The van der Waals surface area contributed by atoms with Crippen LogP contribution in [0.1, 0.15) is 57.5 Å². The maximum Gasteiger partial charge on any atom is 0.329 e. The Bertz CT molecular complexity index is 768. The zero-order valence-corrected chi connectivity index (χ0v) is 18.1. The lowest BCUT2D eigenvalue weighted by Gasteiger charge is -2.24. The molecule has 0 spiro atoms. The normalized spacial score (nSPS) is 13.2. The molecular weight excluding hydrogens is 374 g/mol. The molecule has 0 radical (unpaired) electrons. The third kappa shape index (κ3) is 7.93. The summed E-state index contributed by atoms with van der Waals surface area (Å²) in [5.41, 5.74) is 0.710. The van der Waals surface area contributed by atoms with Crippen LogP contribution in [0.5, 0.6) is 0 Å². The lowest BCUT2D eigenvalue weighted by molar-refractivity contribution is -0.157. The molecule has 0 saturated carbocycles. The predicted octanol–water partition coefficient (Wildman–Crippen LogP) is 2.31. The first-order chi connectivity index (χ1) is 13.3. The lowest BCUT2D eigenvalue weighted by atomic mass is 10.0. The number of hydrogen-bond acceptors (Lipinski definition) is 5. The van der Waals surface area contributed by atoms with E-state index in [4.69, 9.17) is 4.74 Å². The minimum Gasteiger partial charge on any atom is -0.451 e. The molecule has 8 heteroatoms. The molecule has 2 atom stereocenters. The Morgan fingerprint density at radius 3 is 2.10 bits per heavy atom. The molecule has 0 aliphatic heterocycles. The summed E-state index contributed by atoms with van der Waals surface area (Å²) in [6.07, 6.45) is -1.20. The molecule has 0 aromatic heterocycles. The van der Waals surface area contributed by atoms with Crippen LogP contribution in [0.4, 0.5) is 4.79 Å². The van der Waals surface area contributed by atoms with Crippen molar-refractivity contribution in [3.05, 3.63) is 35.4 Å². The average Bonchev–Trinajstić information content (AvgIpc) is 2.57. The van der Waals surface area contributed by atoms with Gasteiger partial charge in [-0.3, -0.25) is 14.9 Å². The van der Waals surface area contributed by atoms with Gasteiger partial charge in [0.15, 0.2) is 6.10 Å². The van der Waals surface area contributed by atoms with Crippen molar-refractivity contribution < 1.29 is 23.9 Å². The van der Waals surface area contributed by atoms with E-state index in [-0.39, 0.29) is 5.92 Å². The summed E-state index contributed by atoms with van der Waals surface area (Å²) in [4.78, 5) is 49.0. The number of aryl methyl sites for hydroxylation is 1. The molecule has 0 heterocycles. The van der Waals surface area contributed by atoms with Gasteiger partial charge in [-0.25, -0.2) is 9.59 Å². The number of imide groups is 1. The van der Waals surface area contributed by atoms with Crippen LogP contribution in [-0.4, -0.2) is 41.5 Å². The highest BCUT2D eigenvalue weighted by molar-refractivity contribution is 5.99. The summed E-state index contributed by atoms with van der Waals surface area (Å²) >= 11 is 0. The number of benzene rings is 1. The van der Waals surface area contributed by atoms with Crippen molar-refractivity contribution in [2.45, 2.75) is 66.2 Å². The number of ether oxygens (including phenoxy) is 1. The maximum atomic E-state index is 12.5. The van der Waals surface area contributed by atoms with Gasteiger partial charge in [0.25, 0.3) is 11.8 Å². The first kappa shape index (κ1) is 24.1. The van der Waals surface area contributed by atoms with Gasteiger partial charge in [0.2, 0.25) is 0 Å². The smallest absolute Gasteiger partial charge is 0.329 e. The second-order valence-electron chi connectivity index (χ2n) is 8.28. The molecule has 0 saturated heterocycles. The Kier molecular flexibility index (Phi) is 8.36. The molecular formula is C21H31N3O5. The van der Waals surface area contributed by atoms with Gasteiger partial charge in [-0.1, -0.05) is 32.0 Å². The lowest BCUT2D eigenvalue weighted by Crippen LogP contribution is -2.52. The van der Waals surface area contributed by atoms with Gasteiger partial charge < -0.3 is 15.4 Å². The molecule has 1 aromatic rings. The third-order valence-electron chi connectivity index (χ3n) is 3.98. The fourth-order valence-corrected chi connectivity index (χ4v) is 2.43. The number of nitrogens with one attached hydrogen (secondary N) is 3. The predicted molar refractivity (Wildman–Crippen MR) is 109 cm³/mol. The van der Waals surface area contributed by atoms with Crippen molar-refractivity contribution in [2.75, 3.05) is 0 Å². The van der Waals surface area contributed by atoms with Gasteiger partial charge >= 0.3 is 12.0 Å². The molecule has 0 fully saturated rings. The molecule has 0 aliphatic rings. The van der Waals surface area contributed by atoms with Gasteiger partial charge in [0.05, 0.1) is 0 Å². The van der Waals surface area contributed by atoms with E-state index in [2.05, 4.69) is 16.0 Å². The topological polar surface area (TPSA) is 114 Å². The van der Waals surface area contributed by atoms with E-state index < -0.39 is 41.5 Å². The van der Waals surface area contributed by atoms with Gasteiger partial charge in [-0.05, 0) is 52.2 Å². The van der Waals surface area contributed by atoms with Gasteiger partial charge in [-0.2, -0.15) is 0 Å². The number of carbonyl (C=O) groups excluding carboxylic acids is 4. The molecule has 0 bridgehead atoms. The van der Waals surface area contributed by atoms with Gasteiger partial charge in [0.1, 0.15) is 6.04 Å². The van der Waals surface area contributed by atoms with Crippen LogP contribution >= 0.6 is 0 Å². The number of rotatable bonds is 6. The van der Waals surface area contributed by atoms with E-state index >= 15 is 0 Å². The Balaban J connectivity index is 2.74. The van der Waals surface area contributed by atoms with Crippen LogP contribution in [0, 0.1) is 12.8 Å². The highest BCUT2D eigenvalue weighted by atomic mass is 16.5. The van der Waals surface area contributed by atoms with Crippen LogP contribution in [0.15, 0.2) is 24.3 Å². The highest BCUT2D eigenvalue weighted by Gasteiger charge is 2.30. The summed E-state index contributed by atoms with van der Waals surface area (Å²) < 4.78 is 5.19. The number of carbonyl (C=O) groups is 4. The van der Waals surface area contributed by atoms with Gasteiger partial charge in [-0.15, -0.1) is 0 Å². The van der Waals surface area contributed by atoms with Crippen LogP contribution in [0.25, 0.3) is 0 Å². The number of urea groups is 1. The van der Waals surface area contributed by atoms with E-state index in [1.807, 2.05) is 6.07 Å². The molecule has 0 unspecified atom stereocenters. The second kappa shape index (κ2) is 10.0. The maximum absolute atomic E-state index is 12.5. The molecule has 3 N–H and O–H groups in total. The molecule has 1 rings (SSSR count). The molecule has 0 aliphatic carbocycles. The first-order valence-corrected chi connectivity index (χ1v) is 9.52. The highest BCUT2D eigenvalue weighted by Crippen LogP contribution is 2.11. The zero-order valence-electron chi connectivity index (χ0n) is 18.1. The number of hydrogen-bond donors (Lipinski definition) is 3. The minimum atomic E-state index is -1.20. The molecule has 29 heavy (non-hydrogen) atoms. The van der Waals surface area contributed by atoms with E-state index in [1.165, 1.54) is 6.92 Å². The van der Waals surface area contributed by atoms with Crippen molar-refractivity contribution >= 4 is 23.8 Å². The van der Waals surface area contributed by atoms with Crippen LogP contribution in [-0.2, 0) is 14.3 Å². The minimum absolute atomic E-state index is 0.269. The van der Waals surface area contributed by atoms with Crippen molar-refractivity contribution in [2.24, 2.45) is 5.92 Å². The Morgan fingerprint density at radius 2 is 1.59 bits per heavy atom. The number of amides is 4. The SMILES string of the molecule is Cc1ccccc1C(=O)N[C@H](C(=O)O[C@@H](C)C(=O)NC(=O)NC(C)(C)C)C(C)C. The van der Waals surface area contributed by atoms with Crippen molar-refractivity contribution in [1.29, 1.82) is 0 Å². The van der Waals surface area contributed by atoms with Crippen LogP contribution in [0.3, 0.4) is 0 Å². The van der Waals surface area contributed by atoms with Crippen LogP contribution < -0.4 is 16.0 Å². The molecule has 8 nitrogen and oxygen atoms in total. The number of esters is 1. The van der Waals surface area contributed by atoms with E-state index in [9.17, 15) is 19.2 Å². The summed E-state index contributed by atoms with van der Waals surface area (Å²) in [6.45, 7) is 12.0. The molecule has 1 aromatic carbocycles. The quantitative estimate of drug-likeness (QED) is 0.629. The molecule has 4 amide bonds. The Morgan fingerprint density at radius 1 is 1.00 bits per heavy atom. The second-order valence-corrected chi connectivity index (χ2v) is 8.28. The largest absolute Gasteiger partial charge is 0.451 e. The van der Waals surface area contributed by atoms with Crippen LogP contribution in [0.2, 0.25) is 0 Å². The van der Waals surface area contributed by atoms with Crippen molar-refractivity contribution in [3.8, 4) is 0 Å². The summed E-state index contributed by atoms with van der Waals surface area (Å²) in [5, 5.41) is 7.38. The van der Waals surface area contributed by atoms with E-state index in [1.54, 1.807) is 59.7 Å². The third-order valence-corrected chi connectivity index (χ3v) is 3.98.